The largest absolute Gasteiger partial charge is 0.329 e. The number of benzene rings is 1. The van der Waals surface area contributed by atoms with Gasteiger partial charge in [-0.3, -0.25) is 4.90 Å². The van der Waals surface area contributed by atoms with Gasteiger partial charge in [0.25, 0.3) is 0 Å². The van der Waals surface area contributed by atoms with E-state index in [-0.39, 0.29) is 11.6 Å². The minimum absolute atomic E-state index is 0.147. The molecule has 1 aliphatic rings. The molecule has 0 spiro atoms. The van der Waals surface area contributed by atoms with Crippen LogP contribution in [0.25, 0.3) is 0 Å². The van der Waals surface area contributed by atoms with Crippen molar-refractivity contribution in [2.45, 2.75) is 38.3 Å². The highest BCUT2D eigenvalue weighted by atomic mass is 35.5. The maximum absolute atomic E-state index is 6.30. The van der Waals surface area contributed by atoms with E-state index in [0.717, 1.165) is 17.1 Å². The van der Waals surface area contributed by atoms with Crippen molar-refractivity contribution in [3.05, 3.63) is 33.8 Å². The summed E-state index contributed by atoms with van der Waals surface area (Å²) in [6.45, 7) is 6.16. The molecule has 0 saturated carbocycles. The van der Waals surface area contributed by atoms with E-state index in [4.69, 9.17) is 28.9 Å². The van der Waals surface area contributed by atoms with Gasteiger partial charge < -0.3 is 5.73 Å². The Kier molecular flexibility index (Phi) is 4.22. The van der Waals surface area contributed by atoms with Crippen molar-refractivity contribution in [3.63, 3.8) is 0 Å². The summed E-state index contributed by atoms with van der Waals surface area (Å²) in [6.07, 6.45) is 2.41. The Morgan fingerprint density at radius 3 is 2.67 bits per heavy atom. The molecule has 1 unspecified atom stereocenters. The lowest BCUT2D eigenvalue weighted by Gasteiger charge is -2.38. The molecule has 18 heavy (non-hydrogen) atoms. The lowest BCUT2D eigenvalue weighted by Crippen LogP contribution is -2.43. The smallest absolute Gasteiger partial charge is 0.0491 e. The molecule has 2 N–H and O–H groups in total. The monoisotopic (exact) mass is 286 g/mol. The van der Waals surface area contributed by atoms with Crippen molar-refractivity contribution < 1.29 is 0 Å². The molecule has 0 bridgehead atoms. The molecule has 1 fully saturated rings. The van der Waals surface area contributed by atoms with Crippen LogP contribution < -0.4 is 5.73 Å². The van der Waals surface area contributed by atoms with Crippen LogP contribution in [0.3, 0.4) is 0 Å². The first-order chi connectivity index (χ1) is 8.45. The summed E-state index contributed by atoms with van der Waals surface area (Å²) in [7, 11) is 0. The zero-order valence-electron chi connectivity index (χ0n) is 10.9. The highest BCUT2D eigenvalue weighted by Crippen LogP contribution is 2.38. The van der Waals surface area contributed by atoms with E-state index in [1.165, 1.54) is 12.8 Å². The quantitative estimate of drug-likeness (QED) is 0.914. The van der Waals surface area contributed by atoms with Crippen molar-refractivity contribution in [3.8, 4) is 0 Å². The van der Waals surface area contributed by atoms with Gasteiger partial charge in [-0.15, -0.1) is 0 Å². The van der Waals surface area contributed by atoms with Crippen LogP contribution in [0.1, 0.15) is 38.3 Å². The molecule has 4 heteroatoms. The number of nitrogens with zero attached hydrogens (tertiary/aromatic N) is 1. The summed E-state index contributed by atoms with van der Waals surface area (Å²) in [6, 6.07) is 5.75. The Bertz CT molecular complexity index is 432. The number of nitrogens with two attached hydrogens (primary N) is 1. The maximum atomic E-state index is 6.30. The number of rotatable bonds is 3. The number of hydrogen-bond acceptors (Lipinski definition) is 2. The van der Waals surface area contributed by atoms with Gasteiger partial charge in [0.2, 0.25) is 0 Å². The third-order valence-electron chi connectivity index (χ3n) is 3.88. The summed E-state index contributed by atoms with van der Waals surface area (Å²) < 4.78 is 0. The van der Waals surface area contributed by atoms with Crippen LogP contribution in [0.4, 0.5) is 0 Å². The van der Waals surface area contributed by atoms with Crippen molar-refractivity contribution in [2.24, 2.45) is 5.73 Å². The van der Waals surface area contributed by atoms with Crippen molar-refractivity contribution in [2.75, 3.05) is 13.1 Å². The molecule has 1 aromatic rings. The van der Waals surface area contributed by atoms with E-state index in [0.29, 0.717) is 11.6 Å². The highest BCUT2D eigenvalue weighted by molar-refractivity contribution is 6.33. The highest BCUT2D eigenvalue weighted by Gasteiger charge is 2.37. The Morgan fingerprint density at radius 1 is 1.39 bits per heavy atom. The number of hydrogen-bond donors (Lipinski definition) is 1. The fourth-order valence-electron chi connectivity index (χ4n) is 2.90. The maximum Gasteiger partial charge on any atom is 0.0491 e. The van der Waals surface area contributed by atoms with Gasteiger partial charge in [0, 0.05) is 28.2 Å². The fraction of sp³-hybridized carbons (Fsp3) is 0.571. The lowest BCUT2D eigenvalue weighted by molar-refractivity contribution is 0.119. The summed E-state index contributed by atoms with van der Waals surface area (Å²) in [5, 5.41) is 1.46. The molecule has 1 aliphatic heterocycles. The van der Waals surface area contributed by atoms with E-state index in [1.807, 2.05) is 18.2 Å². The Morgan fingerprint density at radius 2 is 2.11 bits per heavy atom. The molecule has 0 amide bonds. The zero-order chi connectivity index (χ0) is 13.3. The SMILES string of the molecule is CC1(C)CCCN1C(CN)c1cc(Cl)ccc1Cl. The summed E-state index contributed by atoms with van der Waals surface area (Å²) >= 11 is 12.4. The molecule has 0 aromatic heterocycles. The van der Waals surface area contributed by atoms with Gasteiger partial charge in [0.1, 0.15) is 0 Å². The second kappa shape index (κ2) is 5.38. The van der Waals surface area contributed by atoms with E-state index in [2.05, 4.69) is 18.7 Å². The topological polar surface area (TPSA) is 29.3 Å². The molecule has 1 saturated heterocycles. The van der Waals surface area contributed by atoms with Crippen molar-refractivity contribution in [1.29, 1.82) is 0 Å². The fourth-order valence-corrected chi connectivity index (χ4v) is 3.32. The molecular formula is C14H20Cl2N2. The summed E-state index contributed by atoms with van der Waals surface area (Å²) in [4.78, 5) is 2.45. The van der Waals surface area contributed by atoms with Gasteiger partial charge in [-0.25, -0.2) is 0 Å². The van der Waals surface area contributed by atoms with Gasteiger partial charge in [0.15, 0.2) is 0 Å². The molecular weight excluding hydrogens is 267 g/mol. The van der Waals surface area contributed by atoms with E-state index in [9.17, 15) is 0 Å². The van der Waals surface area contributed by atoms with Crippen LogP contribution in [0.2, 0.25) is 10.0 Å². The molecule has 2 nitrogen and oxygen atoms in total. The summed E-state index contributed by atoms with van der Waals surface area (Å²) in [5.74, 6) is 0. The van der Waals surface area contributed by atoms with E-state index in [1.54, 1.807) is 0 Å². The van der Waals surface area contributed by atoms with Gasteiger partial charge in [-0.05, 0) is 57.0 Å². The van der Waals surface area contributed by atoms with Gasteiger partial charge in [-0.1, -0.05) is 23.2 Å². The van der Waals surface area contributed by atoms with Crippen molar-refractivity contribution >= 4 is 23.2 Å². The van der Waals surface area contributed by atoms with Gasteiger partial charge in [0.05, 0.1) is 0 Å². The van der Waals surface area contributed by atoms with Crippen LogP contribution in [0, 0.1) is 0 Å². The zero-order valence-corrected chi connectivity index (χ0v) is 12.4. The lowest BCUT2D eigenvalue weighted by atomic mass is 9.97. The molecule has 1 aromatic carbocycles. The molecule has 0 aliphatic carbocycles. The average Bonchev–Trinajstić information content (AvgIpc) is 2.65. The standard InChI is InChI=1S/C14H20Cl2N2/c1-14(2)6-3-7-18(14)13(9-17)11-8-10(15)4-5-12(11)16/h4-5,8,13H,3,6-7,9,17H2,1-2H3. The van der Waals surface area contributed by atoms with Gasteiger partial charge >= 0.3 is 0 Å². The Hall–Kier alpha value is -0.280. The minimum atomic E-state index is 0.147. The number of likely N-dealkylation sites (tertiary alicyclic amines) is 1. The predicted molar refractivity (Wildman–Crippen MR) is 78.3 cm³/mol. The molecule has 100 valence electrons. The first-order valence-electron chi connectivity index (χ1n) is 6.37. The second-order valence-electron chi connectivity index (χ2n) is 5.53. The van der Waals surface area contributed by atoms with Crippen molar-refractivity contribution in [1.82, 2.24) is 4.90 Å². The third-order valence-corrected chi connectivity index (χ3v) is 4.46. The first kappa shape index (κ1) is 14.1. The van der Waals surface area contributed by atoms with E-state index >= 15 is 0 Å². The Labute approximate surface area is 119 Å². The van der Waals surface area contributed by atoms with Crippen LogP contribution >= 0.6 is 23.2 Å². The normalized spacial score (nSPS) is 21.2. The molecule has 0 radical (unpaired) electrons. The minimum Gasteiger partial charge on any atom is -0.329 e. The molecule has 1 atom stereocenters. The van der Waals surface area contributed by atoms with E-state index < -0.39 is 0 Å². The number of halogens is 2. The average molecular weight is 287 g/mol. The second-order valence-corrected chi connectivity index (χ2v) is 6.37. The molecule has 1 heterocycles. The van der Waals surface area contributed by atoms with Gasteiger partial charge in [-0.2, -0.15) is 0 Å². The van der Waals surface area contributed by atoms with Crippen LogP contribution in [-0.2, 0) is 0 Å². The van der Waals surface area contributed by atoms with Crippen LogP contribution in [-0.4, -0.2) is 23.5 Å². The predicted octanol–water partition coefficient (Wildman–Crippen LogP) is 3.87. The Balaban J connectivity index is 2.36. The summed E-state index contributed by atoms with van der Waals surface area (Å²) in [5.41, 5.74) is 7.20. The third kappa shape index (κ3) is 2.67. The van der Waals surface area contributed by atoms with Crippen LogP contribution in [0.5, 0.6) is 0 Å². The first-order valence-corrected chi connectivity index (χ1v) is 7.13. The molecule has 2 rings (SSSR count). The van der Waals surface area contributed by atoms with Crippen LogP contribution in [0.15, 0.2) is 18.2 Å².